The molecular weight excluding hydrogens is 616 g/mol. The van der Waals surface area contributed by atoms with E-state index in [0.29, 0.717) is 11.1 Å². The van der Waals surface area contributed by atoms with Crippen molar-refractivity contribution in [1.82, 2.24) is 0 Å². The molecule has 0 aromatic heterocycles. The minimum absolute atomic E-state index is 0.0530. The van der Waals surface area contributed by atoms with Crippen LogP contribution in [0.2, 0.25) is 0 Å². The number of halogens is 2. The third-order valence-corrected chi connectivity index (χ3v) is 5.60. The Morgan fingerprint density at radius 2 is 1.05 bits per heavy atom. The number of carboxylic acids is 3. The van der Waals surface area contributed by atoms with Crippen LogP contribution in [-0.4, -0.2) is 50.6 Å². The fourth-order valence-electron chi connectivity index (χ4n) is 2.47. The van der Waals surface area contributed by atoms with Crippen LogP contribution in [0.4, 0.5) is 0 Å². The molecule has 0 aliphatic carbocycles. The molecule has 0 fully saturated rings. The molecule has 0 spiro atoms. The number of aliphatic carboxylic acids is 3. The monoisotopic (exact) mass is 634 g/mol. The molecule has 0 aliphatic heterocycles. The Labute approximate surface area is 228 Å². The summed E-state index contributed by atoms with van der Waals surface area (Å²) >= 11 is 6.47. The standard InChI is InChI=1S/2C9H7BrO3.C8H6O3/c10-7-3-1-6(2-4-7)5-8(11)9(12)13;10-7-4-2-1-3-6(7)5-8(11)9(12)13;9-7(8(10)11)6-4-2-1-3-5-6/h2*1-4H,5H2,(H,12,13);1-5H,(H,10,11). The third-order valence-electron chi connectivity index (χ3n) is 4.29. The molecule has 3 N–H and O–H groups in total. The first-order chi connectivity index (χ1) is 17.4. The smallest absolute Gasteiger partial charge is 0.377 e. The Kier molecular flexibility index (Phi) is 13.4. The molecule has 3 aromatic carbocycles. The van der Waals surface area contributed by atoms with E-state index in [-0.39, 0.29) is 18.4 Å². The highest BCUT2D eigenvalue weighted by Gasteiger charge is 2.14. The van der Waals surface area contributed by atoms with Gasteiger partial charge in [0, 0.05) is 27.4 Å². The Hall–Kier alpha value is -3.96. The second-order valence-corrected chi connectivity index (χ2v) is 8.80. The number of Topliss-reactive ketones (excluding diaryl/α,β-unsaturated/α-hetero) is 3. The first-order valence-electron chi connectivity index (χ1n) is 10.2. The Balaban J connectivity index is 0.000000279. The van der Waals surface area contributed by atoms with E-state index in [4.69, 9.17) is 15.3 Å². The van der Waals surface area contributed by atoms with Gasteiger partial charge in [0.15, 0.2) is 0 Å². The van der Waals surface area contributed by atoms with Crippen molar-refractivity contribution in [2.24, 2.45) is 0 Å². The summed E-state index contributed by atoms with van der Waals surface area (Å²) in [7, 11) is 0. The lowest BCUT2D eigenvalue weighted by Crippen LogP contribution is -2.15. The largest absolute Gasteiger partial charge is 0.475 e. The first-order valence-corrected chi connectivity index (χ1v) is 11.8. The number of carbonyl (C=O) groups excluding carboxylic acids is 3. The highest BCUT2D eigenvalue weighted by molar-refractivity contribution is 9.10. The molecule has 192 valence electrons. The molecule has 9 nitrogen and oxygen atoms in total. The Morgan fingerprint density at radius 3 is 1.54 bits per heavy atom. The fourth-order valence-corrected chi connectivity index (χ4v) is 3.16. The van der Waals surface area contributed by atoms with E-state index in [1.807, 2.05) is 0 Å². The van der Waals surface area contributed by atoms with E-state index in [1.165, 1.54) is 12.1 Å². The minimum atomic E-state index is -1.42. The first kappa shape index (κ1) is 31.1. The van der Waals surface area contributed by atoms with Crippen LogP contribution in [-0.2, 0) is 36.8 Å². The van der Waals surface area contributed by atoms with Crippen LogP contribution in [0, 0.1) is 0 Å². The topological polar surface area (TPSA) is 163 Å². The van der Waals surface area contributed by atoms with Gasteiger partial charge < -0.3 is 15.3 Å². The second-order valence-electron chi connectivity index (χ2n) is 7.03. The molecule has 3 rings (SSSR count). The van der Waals surface area contributed by atoms with Crippen molar-refractivity contribution in [1.29, 1.82) is 0 Å². The summed E-state index contributed by atoms with van der Waals surface area (Å²) < 4.78 is 1.66. The van der Waals surface area contributed by atoms with Crippen LogP contribution < -0.4 is 0 Å². The fraction of sp³-hybridized carbons (Fsp3) is 0.0769. The third kappa shape index (κ3) is 12.0. The normalized spacial score (nSPS) is 9.46. The summed E-state index contributed by atoms with van der Waals surface area (Å²) in [6.45, 7) is 0. The average molecular weight is 636 g/mol. The molecule has 37 heavy (non-hydrogen) atoms. The maximum Gasteiger partial charge on any atom is 0.377 e. The van der Waals surface area contributed by atoms with Gasteiger partial charge in [0.1, 0.15) is 0 Å². The maximum atomic E-state index is 10.8. The van der Waals surface area contributed by atoms with E-state index in [0.717, 1.165) is 8.95 Å². The predicted molar refractivity (Wildman–Crippen MR) is 139 cm³/mol. The van der Waals surface area contributed by atoms with Crippen molar-refractivity contribution in [3.63, 3.8) is 0 Å². The molecule has 0 amide bonds. The molecule has 0 aliphatic rings. The van der Waals surface area contributed by atoms with E-state index in [2.05, 4.69) is 31.9 Å². The van der Waals surface area contributed by atoms with Gasteiger partial charge in [0.2, 0.25) is 11.6 Å². The SMILES string of the molecule is O=C(O)C(=O)Cc1ccc(Br)cc1.O=C(O)C(=O)Cc1ccccc1Br.O=C(O)C(=O)c1ccccc1. The summed E-state index contributed by atoms with van der Waals surface area (Å²) in [6, 6.07) is 21.9. The van der Waals surface area contributed by atoms with E-state index in [1.54, 1.807) is 66.7 Å². The summed E-state index contributed by atoms with van der Waals surface area (Å²) in [5.41, 5.74) is 1.60. The van der Waals surface area contributed by atoms with Crippen molar-refractivity contribution in [3.05, 3.63) is 104 Å². The quantitative estimate of drug-likeness (QED) is 0.243. The molecule has 3 aromatic rings. The van der Waals surface area contributed by atoms with Gasteiger partial charge in [-0.15, -0.1) is 0 Å². The van der Waals surface area contributed by atoms with Gasteiger partial charge in [0.25, 0.3) is 5.78 Å². The number of rotatable bonds is 8. The number of hydrogen-bond donors (Lipinski definition) is 3. The van der Waals surface area contributed by atoms with Crippen LogP contribution in [0.1, 0.15) is 21.5 Å². The van der Waals surface area contributed by atoms with E-state index < -0.39 is 35.3 Å². The van der Waals surface area contributed by atoms with Gasteiger partial charge in [0.05, 0.1) is 0 Å². The lowest BCUT2D eigenvalue weighted by atomic mass is 10.1. The van der Waals surface area contributed by atoms with Crippen molar-refractivity contribution in [3.8, 4) is 0 Å². The molecule has 0 unspecified atom stereocenters. The highest BCUT2D eigenvalue weighted by Crippen LogP contribution is 2.16. The zero-order valence-corrected chi connectivity index (χ0v) is 22.1. The number of hydrogen-bond acceptors (Lipinski definition) is 6. The lowest BCUT2D eigenvalue weighted by molar-refractivity contribution is -0.148. The van der Waals surface area contributed by atoms with Crippen molar-refractivity contribution in [2.75, 3.05) is 0 Å². The molecule has 0 saturated heterocycles. The second kappa shape index (κ2) is 15.9. The van der Waals surface area contributed by atoms with Crippen molar-refractivity contribution >= 4 is 67.1 Å². The van der Waals surface area contributed by atoms with Crippen LogP contribution in [0.5, 0.6) is 0 Å². The Bertz CT molecular complexity index is 1270. The molecule has 11 heteroatoms. The summed E-state index contributed by atoms with van der Waals surface area (Å²) in [5, 5.41) is 25.0. The number of ketones is 3. The van der Waals surface area contributed by atoms with Crippen molar-refractivity contribution in [2.45, 2.75) is 12.8 Å². The van der Waals surface area contributed by atoms with Gasteiger partial charge in [-0.1, -0.05) is 92.5 Å². The summed E-state index contributed by atoms with van der Waals surface area (Å²) in [4.78, 5) is 63.0. The average Bonchev–Trinajstić information content (AvgIpc) is 2.87. The summed E-state index contributed by atoms with van der Waals surface area (Å²) in [5.74, 6) is -6.66. The highest BCUT2D eigenvalue weighted by atomic mass is 79.9. The number of carboxylic acid groups (broad SMARTS) is 3. The maximum absolute atomic E-state index is 10.8. The lowest BCUT2D eigenvalue weighted by Gasteiger charge is -1.99. The summed E-state index contributed by atoms with van der Waals surface area (Å²) in [6.07, 6.45) is -0.126. The van der Waals surface area contributed by atoms with Crippen LogP contribution >= 0.6 is 31.9 Å². The molecule has 0 atom stereocenters. The zero-order valence-electron chi connectivity index (χ0n) is 19.0. The molecule has 0 saturated carbocycles. The zero-order chi connectivity index (χ0) is 28.0. The van der Waals surface area contributed by atoms with Gasteiger partial charge in [-0.3, -0.25) is 14.4 Å². The van der Waals surface area contributed by atoms with Crippen LogP contribution in [0.15, 0.2) is 87.8 Å². The Morgan fingerprint density at radius 1 is 0.568 bits per heavy atom. The molecule has 0 bridgehead atoms. The number of carbonyl (C=O) groups is 6. The van der Waals surface area contributed by atoms with Gasteiger partial charge in [-0.05, 0) is 29.3 Å². The minimum Gasteiger partial charge on any atom is -0.475 e. The number of benzene rings is 3. The molecule has 0 radical (unpaired) electrons. The van der Waals surface area contributed by atoms with Crippen molar-refractivity contribution < 1.29 is 44.1 Å². The molecular formula is C26H20Br2O9. The van der Waals surface area contributed by atoms with Gasteiger partial charge >= 0.3 is 17.9 Å². The van der Waals surface area contributed by atoms with Crippen LogP contribution in [0.25, 0.3) is 0 Å². The van der Waals surface area contributed by atoms with Crippen LogP contribution in [0.3, 0.4) is 0 Å². The molecule has 0 heterocycles. The predicted octanol–water partition coefficient (Wildman–Crippen LogP) is 4.24. The van der Waals surface area contributed by atoms with E-state index in [9.17, 15) is 28.8 Å². The van der Waals surface area contributed by atoms with Gasteiger partial charge in [-0.25, -0.2) is 14.4 Å². The van der Waals surface area contributed by atoms with Gasteiger partial charge in [-0.2, -0.15) is 0 Å². The van der Waals surface area contributed by atoms with E-state index >= 15 is 0 Å².